The summed E-state index contributed by atoms with van der Waals surface area (Å²) in [6.07, 6.45) is 0. The molecule has 0 amide bonds. The van der Waals surface area contributed by atoms with E-state index in [9.17, 15) is 12.8 Å². The molecule has 0 aromatic heterocycles. The molecule has 0 saturated carbocycles. The van der Waals surface area contributed by atoms with Crippen molar-refractivity contribution in [3.8, 4) is 0 Å². The second-order valence-corrected chi connectivity index (χ2v) is 3.84. The molecule has 0 aliphatic carbocycles. The van der Waals surface area contributed by atoms with Crippen LogP contribution in [0.2, 0.25) is 0 Å². The third kappa shape index (κ3) is 2.50. The summed E-state index contributed by atoms with van der Waals surface area (Å²) < 4.78 is 35.2. The lowest BCUT2D eigenvalue weighted by Crippen LogP contribution is -2.13. The fourth-order valence-corrected chi connectivity index (χ4v) is 1.26. The first-order chi connectivity index (χ1) is 5.64. The Hall–Kier alpha value is -1.10. The van der Waals surface area contributed by atoms with Crippen LogP contribution in [0.1, 0.15) is 0 Å². The molecule has 0 aliphatic rings. The number of nitrogens with one attached hydrogen (secondary N) is 1. The Balaban J connectivity index is 2.78. The van der Waals surface area contributed by atoms with Crippen LogP contribution in [0, 0.1) is 0 Å². The van der Waals surface area contributed by atoms with Crippen molar-refractivity contribution >= 4 is 15.7 Å². The van der Waals surface area contributed by atoms with Crippen molar-refractivity contribution in [2.24, 2.45) is 0 Å². The normalized spacial score (nSPS) is 11.1. The Labute approximate surface area is 70.3 Å². The number of para-hydroxylation sites is 1. The first-order valence-corrected chi connectivity index (χ1v) is 4.91. The van der Waals surface area contributed by atoms with Crippen LogP contribution in [0.5, 0.6) is 0 Å². The summed E-state index contributed by atoms with van der Waals surface area (Å²) >= 11 is 0. The third-order valence-electron chi connectivity index (χ3n) is 1.19. The van der Waals surface area contributed by atoms with E-state index in [1.165, 1.54) is 0 Å². The van der Waals surface area contributed by atoms with Crippen molar-refractivity contribution in [1.29, 1.82) is 0 Å². The number of hydrogen-bond donors (Lipinski definition) is 1. The molecule has 0 fully saturated rings. The maximum absolute atomic E-state index is 11.8. The van der Waals surface area contributed by atoms with Gasteiger partial charge in [-0.1, -0.05) is 18.2 Å². The van der Waals surface area contributed by atoms with Gasteiger partial charge >= 0.3 is 0 Å². The zero-order valence-corrected chi connectivity index (χ0v) is 7.01. The molecule has 5 heteroatoms. The van der Waals surface area contributed by atoms with E-state index in [1.54, 1.807) is 30.3 Å². The fraction of sp³-hybridized carbons (Fsp3) is 0.143. The zero-order chi connectivity index (χ0) is 9.03. The van der Waals surface area contributed by atoms with E-state index >= 15 is 0 Å². The molecule has 1 aromatic carbocycles. The molecule has 1 aromatic rings. The molecule has 0 unspecified atom stereocenters. The quantitative estimate of drug-likeness (QED) is 0.780. The maximum atomic E-state index is 11.8. The third-order valence-corrected chi connectivity index (χ3v) is 2.02. The summed E-state index contributed by atoms with van der Waals surface area (Å²) in [5.41, 5.74) is 0.371. The summed E-state index contributed by atoms with van der Waals surface area (Å²) in [7, 11) is -3.79. The fourth-order valence-electron chi connectivity index (χ4n) is 0.713. The minimum Gasteiger partial charge on any atom is -0.281 e. The van der Waals surface area contributed by atoms with E-state index < -0.39 is 16.0 Å². The zero-order valence-electron chi connectivity index (χ0n) is 6.20. The molecule has 12 heavy (non-hydrogen) atoms. The molecule has 66 valence electrons. The smallest absolute Gasteiger partial charge is 0.262 e. The van der Waals surface area contributed by atoms with Gasteiger partial charge < -0.3 is 0 Å². The molecule has 0 heterocycles. The highest BCUT2D eigenvalue weighted by Gasteiger charge is 2.07. The second-order valence-electron chi connectivity index (χ2n) is 2.19. The van der Waals surface area contributed by atoms with Crippen molar-refractivity contribution in [3.05, 3.63) is 30.3 Å². The molecule has 0 spiro atoms. The Bertz CT molecular complexity index is 336. The van der Waals surface area contributed by atoms with Crippen LogP contribution in [0.4, 0.5) is 10.1 Å². The molecule has 3 nitrogen and oxygen atoms in total. The number of anilines is 1. The van der Waals surface area contributed by atoms with Crippen molar-refractivity contribution in [1.82, 2.24) is 0 Å². The Morgan fingerprint density at radius 3 is 2.33 bits per heavy atom. The predicted octanol–water partition coefficient (Wildman–Crippen LogP) is 1.36. The summed E-state index contributed by atoms with van der Waals surface area (Å²) in [4.78, 5) is 0. The van der Waals surface area contributed by atoms with Gasteiger partial charge in [-0.15, -0.1) is 0 Å². The first kappa shape index (κ1) is 8.99. The van der Waals surface area contributed by atoms with Crippen molar-refractivity contribution in [2.75, 3.05) is 10.7 Å². The lowest BCUT2D eigenvalue weighted by molar-refractivity contribution is 0.538. The Morgan fingerprint density at radius 2 is 1.83 bits per heavy atom. The van der Waals surface area contributed by atoms with Gasteiger partial charge in [-0.2, -0.15) is 0 Å². The van der Waals surface area contributed by atoms with Crippen LogP contribution in [-0.4, -0.2) is 14.4 Å². The highest BCUT2D eigenvalue weighted by molar-refractivity contribution is 7.92. The molecule has 0 saturated heterocycles. The van der Waals surface area contributed by atoms with Crippen LogP contribution < -0.4 is 4.72 Å². The number of rotatable bonds is 3. The van der Waals surface area contributed by atoms with Crippen LogP contribution >= 0.6 is 0 Å². The van der Waals surface area contributed by atoms with E-state index in [0.717, 1.165) is 0 Å². The predicted molar refractivity (Wildman–Crippen MR) is 45.0 cm³/mol. The van der Waals surface area contributed by atoms with Crippen molar-refractivity contribution in [2.45, 2.75) is 0 Å². The first-order valence-electron chi connectivity index (χ1n) is 3.25. The number of halogens is 1. The van der Waals surface area contributed by atoms with Gasteiger partial charge in [0.15, 0.2) is 0 Å². The molecular formula is C7H8FNO2S. The van der Waals surface area contributed by atoms with Gasteiger partial charge in [0.25, 0.3) is 10.0 Å². The minimum atomic E-state index is -3.79. The summed E-state index contributed by atoms with van der Waals surface area (Å²) in [6, 6.07) is 6.77. The number of hydrogen-bond acceptors (Lipinski definition) is 2. The van der Waals surface area contributed by atoms with Crippen LogP contribution in [-0.2, 0) is 10.0 Å². The van der Waals surface area contributed by atoms with Crippen molar-refractivity contribution < 1.29 is 12.8 Å². The highest BCUT2D eigenvalue weighted by atomic mass is 32.2. The molecule has 1 N–H and O–H groups in total. The lowest BCUT2D eigenvalue weighted by atomic mass is 10.3. The minimum absolute atomic E-state index is 0.371. The summed E-state index contributed by atoms with van der Waals surface area (Å²) in [6.45, 7) is 0. The molecule has 0 aliphatic heterocycles. The monoisotopic (exact) mass is 189 g/mol. The standard InChI is InChI=1S/C7H8FNO2S/c8-6-12(10,11)9-7-4-2-1-3-5-7/h1-5,9H,6H2. The van der Waals surface area contributed by atoms with Crippen LogP contribution in [0.3, 0.4) is 0 Å². The second kappa shape index (κ2) is 3.53. The largest absolute Gasteiger partial charge is 0.281 e. The molecule has 1 rings (SSSR count). The molecule has 0 bridgehead atoms. The van der Waals surface area contributed by atoms with Crippen LogP contribution in [0.15, 0.2) is 30.3 Å². The lowest BCUT2D eigenvalue weighted by Gasteiger charge is -2.02. The van der Waals surface area contributed by atoms with Gasteiger partial charge in [-0.25, -0.2) is 12.8 Å². The highest BCUT2D eigenvalue weighted by Crippen LogP contribution is 2.07. The van der Waals surface area contributed by atoms with E-state index in [2.05, 4.69) is 4.72 Å². The van der Waals surface area contributed by atoms with Gasteiger partial charge in [-0.05, 0) is 12.1 Å². The van der Waals surface area contributed by atoms with Gasteiger partial charge in [-0.3, -0.25) is 4.72 Å². The van der Waals surface area contributed by atoms with Crippen molar-refractivity contribution in [3.63, 3.8) is 0 Å². The Morgan fingerprint density at radius 1 is 1.25 bits per heavy atom. The topological polar surface area (TPSA) is 46.2 Å². The van der Waals surface area contributed by atoms with Crippen LogP contribution in [0.25, 0.3) is 0 Å². The van der Waals surface area contributed by atoms with E-state index in [1.807, 2.05) is 0 Å². The molecule has 0 radical (unpaired) electrons. The molecule has 0 atom stereocenters. The number of benzene rings is 1. The van der Waals surface area contributed by atoms with Gasteiger partial charge in [0.2, 0.25) is 6.01 Å². The van der Waals surface area contributed by atoms with E-state index in [4.69, 9.17) is 0 Å². The van der Waals surface area contributed by atoms with Gasteiger partial charge in [0.1, 0.15) is 0 Å². The van der Waals surface area contributed by atoms with Gasteiger partial charge in [0, 0.05) is 5.69 Å². The average Bonchev–Trinajstić information content (AvgIpc) is 2.06. The van der Waals surface area contributed by atoms with E-state index in [-0.39, 0.29) is 0 Å². The van der Waals surface area contributed by atoms with Gasteiger partial charge in [0.05, 0.1) is 0 Å². The van der Waals surface area contributed by atoms with E-state index in [0.29, 0.717) is 5.69 Å². The summed E-state index contributed by atoms with van der Waals surface area (Å²) in [5.74, 6) is 0. The number of sulfonamides is 1. The number of alkyl halides is 1. The maximum Gasteiger partial charge on any atom is 0.262 e. The Kier molecular flexibility index (Phi) is 2.65. The molecular weight excluding hydrogens is 181 g/mol. The average molecular weight is 189 g/mol. The summed E-state index contributed by atoms with van der Waals surface area (Å²) in [5, 5.41) is 0. The SMILES string of the molecule is O=S(=O)(CF)Nc1ccccc1.